The van der Waals surface area contributed by atoms with E-state index in [2.05, 4.69) is 10.4 Å². The molecule has 1 aromatic heterocycles. The number of nitro groups is 1. The van der Waals surface area contributed by atoms with Crippen LogP contribution in [0.25, 0.3) is 5.69 Å². The van der Waals surface area contributed by atoms with Crippen molar-refractivity contribution in [2.45, 2.75) is 27.2 Å². The summed E-state index contributed by atoms with van der Waals surface area (Å²) < 4.78 is 14.8. The van der Waals surface area contributed by atoms with Crippen molar-refractivity contribution in [3.05, 3.63) is 80.9 Å². The van der Waals surface area contributed by atoms with Gasteiger partial charge in [0.2, 0.25) is 5.91 Å². The van der Waals surface area contributed by atoms with Crippen molar-refractivity contribution < 1.29 is 14.1 Å². The lowest BCUT2D eigenvalue weighted by Gasteiger charge is -2.09. The van der Waals surface area contributed by atoms with E-state index in [1.807, 2.05) is 6.92 Å². The number of nitrogens with one attached hydrogen (secondary N) is 1. The average Bonchev–Trinajstić information content (AvgIpc) is 2.92. The number of benzene rings is 2. The quantitative estimate of drug-likeness (QED) is 0.533. The summed E-state index contributed by atoms with van der Waals surface area (Å²) in [6, 6.07) is 10.3. The predicted molar refractivity (Wildman–Crippen MR) is 103 cm³/mol. The number of anilines is 1. The minimum atomic E-state index is -0.504. The van der Waals surface area contributed by atoms with Gasteiger partial charge in [-0.05, 0) is 50.6 Å². The zero-order chi connectivity index (χ0) is 20.4. The highest BCUT2D eigenvalue weighted by atomic mass is 19.1. The van der Waals surface area contributed by atoms with Gasteiger partial charge in [0.05, 0.1) is 28.4 Å². The fourth-order valence-corrected chi connectivity index (χ4v) is 2.98. The molecule has 1 amide bonds. The monoisotopic (exact) mass is 382 g/mol. The van der Waals surface area contributed by atoms with Crippen molar-refractivity contribution in [1.82, 2.24) is 9.78 Å². The molecule has 0 unspecified atom stereocenters. The van der Waals surface area contributed by atoms with Crippen LogP contribution in [-0.2, 0) is 11.2 Å². The van der Waals surface area contributed by atoms with E-state index in [1.165, 1.54) is 24.3 Å². The van der Waals surface area contributed by atoms with Gasteiger partial charge in [0.1, 0.15) is 5.82 Å². The number of hydrogen-bond donors (Lipinski definition) is 1. The Morgan fingerprint density at radius 2 is 1.86 bits per heavy atom. The first-order chi connectivity index (χ1) is 13.3. The topological polar surface area (TPSA) is 90.1 Å². The van der Waals surface area contributed by atoms with E-state index in [1.54, 1.807) is 36.7 Å². The number of halogens is 1. The molecule has 0 spiro atoms. The number of nitro benzene ring substituents is 1. The molecule has 3 aromatic rings. The highest BCUT2D eigenvalue weighted by Gasteiger charge is 2.17. The van der Waals surface area contributed by atoms with Crippen LogP contribution in [-0.4, -0.2) is 20.6 Å². The Bertz CT molecular complexity index is 1060. The average molecular weight is 382 g/mol. The molecule has 2 aromatic carbocycles. The van der Waals surface area contributed by atoms with Gasteiger partial charge >= 0.3 is 0 Å². The maximum absolute atomic E-state index is 13.2. The fourth-order valence-electron chi connectivity index (χ4n) is 2.98. The maximum Gasteiger partial charge on any atom is 0.271 e. The molecular formula is C20H19FN4O3. The van der Waals surface area contributed by atoms with Gasteiger partial charge in [-0.15, -0.1) is 0 Å². The molecule has 0 saturated carbocycles. The molecule has 0 aliphatic rings. The first-order valence-corrected chi connectivity index (χ1v) is 8.62. The summed E-state index contributed by atoms with van der Waals surface area (Å²) in [4.78, 5) is 23.0. The Labute approximate surface area is 161 Å². The fraction of sp³-hybridized carbons (Fsp3) is 0.200. The summed E-state index contributed by atoms with van der Waals surface area (Å²) in [7, 11) is 0. The third kappa shape index (κ3) is 3.90. The number of amides is 1. The summed E-state index contributed by atoms with van der Waals surface area (Å²) in [5, 5.41) is 18.1. The molecule has 0 aliphatic carbocycles. The van der Waals surface area contributed by atoms with Gasteiger partial charge in [0, 0.05) is 23.4 Å². The van der Waals surface area contributed by atoms with E-state index >= 15 is 0 Å². The minimum Gasteiger partial charge on any atom is -0.325 e. The van der Waals surface area contributed by atoms with Gasteiger partial charge in [0.15, 0.2) is 0 Å². The SMILES string of the molecule is Cc1ccc([N+](=O)[O-])cc1NC(=O)Cc1c(C)nn(-c2ccc(F)cc2)c1C. The maximum atomic E-state index is 13.2. The molecule has 0 aliphatic heterocycles. The van der Waals surface area contributed by atoms with Gasteiger partial charge < -0.3 is 5.32 Å². The number of hydrogen-bond acceptors (Lipinski definition) is 4. The molecule has 144 valence electrons. The number of carbonyl (C=O) groups excluding carboxylic acids is 1. The lowest BCUT2D eigenvalue weighted by atomic mass is 10.1. The van der Waals surface area contributed by atoms with E-state index in [4.69, 9.17) is 0 Å². The van der Waals surface area contributed by atoms with Gasteiger partial charge in [-0.25, -0.2) is 9.07 Å². The number of rotatable bonds is 5. The molecule has 28 heavy (non-hydrogen) atoms. The van der Waals surface area contributed by atoms with Crippen LogP contribution in [0.15, 0.2) is 42.5 Å². The van der Waals surface area contributed by atoms with Gasteiger partial charge in [-0.3, -0.25) is 14.9 Å². The largest absolute Gasteiger partial charge is 0.325 e. The van der Waals surface area contributed by atoms with Crippen molar-refractivity contribution >= 4 is 17.3 Å². The molecule has 0 bridgehead atoms. The summed E-state index contributed by atoms with van der Waals surface area (Å²) in [5.74, 6) is -0.634. The lowest BCUT2D eigenvalue weighted by Crippen LogP contribution is -2.16. The molecule has 0 saturated heterocycles. The Morgan fingerprint density at radius 3 is 2.50 bits per heavy atom. The zero-order valence-corrected chi connectivity index (χ0v) is 15.7. The van der Waals surface area contributed by atoms with Crippen LogP contribution < -0.4 is 5.32 Å². The van der Waals surface area contributed by atoms with Crippen molar-refractivity contribution in [3.63, 3.8) is 0 Å². The Hall–Kier alpha value is -3.55. The second kappa shape index (κ2) is 7.59. The molecule has 7 nitrogen and oxygen atoms in total. The lowest BCUT2D eigenvalue weighted by molar-refractivity contribution is -0.384. The molecule has 1 heterocycles. The molecule has 0 radical (unpaired) electrons. The van der Waals surface area contributed by atoms with Crippen LogP contribution in [0.2, 0.25) is 0 Å². The summed E-state index contributed by atoms with van der Waals surface area (Å²) in [6.07, 6.45) is 0.0704. The van der Waals surface area contributed by atoms with Crippen molar-refractivity contribution in [2.24, 2.45) is 0 Å². The number of non-ortho nitro benzene ring substituents is 1. The standard InChI is InChI=1S/C20H19FN4O3/c1-12-4-7-17(25(27)28)10-19(12)22-20(26)11-18-13(2)23-24(14(18)3)16-8-5-15(21)6-9-16/h4-10H,11H2,1-3H3,(H,22,26). The van der Waals surface area contributed by atoms with Crippen LogP contribution in [0, 0.1) is 36.7 Å². The number of carbonyl (C=O) groups is 1. The van der Waals surface area contributed by atoms with Crippen LogP contribution in [0.4, 0.5) is 15.8 Å². The minimum absolute atomic E-state index is 0.0704. The normalized spacial score (nSPS) is 10.7. The molecular weight excluding hydrogens is 363 g/mol. The molecule has 8 heteroatoms. The highest BCUT2D eigenvalue weighted by Crippen LogP contribution is 2.23. The summed E-state index contributed by atoms with van der Waals surface area (Å²) >= 11 is 0. The smallest absolute Gasteiger partial charge is 0.271 e. The zero-order valence-electron chi connectivity index (χ0n) is 15.7. The van der Waals surface area contributed by atoms with Gasteiger partial charge in [-0.1, -0.05) is 6.07 Å². The molecule has 3 rings (SSSR count). The molecule has 1 N–H and O–H groups in total. The number of nitrogens with zero attached hydrogens (tertiary/aromatic N) is 3. The van der Waals surface area contributed by atoms with E-state index in [0.717, 1.165) is 16.8 Å². The van der Waals surface area contributed by atoms with E-state index in [0.29, 0.717) is 17.1 Å². The van der Waals surface area contributed by atoms with Gasteiger partial charge in [-0.2, -0.15) is 5.10 Å². The second-order valence-corrected chi connectivity index (χ2v) is 6.52. The van der Waals surface area contributed by atoms with Crippen molar-refractivity contribution in [2.75, 3.05) is 5.32 Å². The molecule has 0 fully saturated rings. The highest BCUT2D eigenvalue weighted by molar-refractivity contribution is 5.93. The Balaban J connectivity index is 1.82. The van der Waals surface area contributed by atoms with Crippen LogP contribution in [0.5, 0.6) is 0 Å². The third-order valence-electron chi connectivity index (χ3n) is 4.56. The van der Waals surface area contributed by atoms with Crippen LogP contribution in [0.1, 0.15) is 22.5 Å². The second-order valence-electron chi connectivity index (χ2n) is 6.52. The third-order valence-corrected chi connectivity index (χ3v) is 4.56. The Morgan fingerprint density at radius 1 is 1.18 bits per heavy atom. The predicted octanol–water partition coefficient (Wildman–Crippen LogP) is 4.03. The van der Waals surface area contributed by atoms with E-state index in [-0.39, 0.29) is 23.8 Å². The van der Waals surface area contributed by atoms with Gasteiger partial charge in [0.25, 0.3) is 5.69 Å². The van der Waals surface area contributed by atoms with Crippen molar-refractivity contribution in [1.29, 1.82) is 0 Å². The van der Waals surface area contributed by atoms with E-state index in [9.17, 15) is 19.3 Å². The summed E-state index contributed by atoms with van der Waals surface area (Å²) in [6.45, 7) is 5.40. The Kier molecular flexibility index (Phi) is 5.21. The summed E-state index contributed by atoms with van der Waals surface area (Å²) in [5.41, 5.74) is 3.96. The molecule has 0 atom stereocenters. The first-order valence-electron chi connectivity index (χ1n) is 8.62. The number of aromatic nitrogens is 2. The number of aryl methyl sites for hydroxylation is 2. The van der Waals surface area contributed by atoms with Crippen molar-refractivity contribution in [3.8, 4) is 5.69 Å². The van der Waals surface area contributed by atoms with Crippen LogP contribution >= 0.6 is 0 Å². The van der Waals surface area contributed by atoms with E-state index < -0.39 is 4.92 Å². The first kappa shape index (κ1) is 19.2. The van der Waals surface area contributed by atoms with Crippen LogP contribution in [0.3, 0.4) is 0 Å².